The predicted octanol–water partition coefficient (Wildman–Crippen LogP) is 4.28. The first kappa shape index (κ1) is 16.7. The number of benzene rings is 2. The van der Waals surface area contributed by atoms with Gasteiger partial charge >= 0.3 is 0 Å². The summed E-state index contributed by atoms with van der Waals surface area (Å²) in [7, 11) is -3.70. The summed E-state index contributed by atoms with van der Waals surface area (Å²) in [5, 5.41) is 11.1. The number of hydrogen-bond acceptors (Lipinski definition) is 4. The van der Waals surface area contributed by atoms with Gasteiger partial charge in [-0.15, -0.1) is 0 Å². The van der Waals surface area contributed by atoms with Crippen molar-refractivity contribution in [2.75, 3.05) is 4.72 Å². The van der Waals surface area contributed by atoms with Gasteiger partial charge in [0, 0.05) is 9.92 Å². The summed E-state index contributed by atoms with van der Waals surface area (Å²) in [5.41, 5.74) is 1.33. The molecule has 0 aliphatic heterocycles. The molecule has 1 N–H and O–H groups in total. The smallest absolute Gasteiger partial charge is 0.261 e. The lowest BCUT2D eigenvalue weighted by molar-refractivity contribution is 0.601. The van der Waals surface area contributed by atoms with E-state index in [2.05, 4.69) is 4.72 Å². The fraction of sp³-hybridized carbons (Fsp3) is 0.133. The SMILES string of the molecule is CCc1cc(SC#N)ccc1NS(=O)(=O)c1cccc(Cl)c1. The minimum Gasteiger partial charge on any atom is -0.279 e. The Hall–Kier alpha value is -1.68. The molecule has 0 aliphatic carbocycles. The number of nitriles is 1. The highest BCUT2D eigenvalue weighted by molar-refractivity contribution is 8.03. The minimum atomic E-state index is -3.70. The minimum absolute atomic E-state index is 0.109. The van der Waals surface area contributed by atoms with Gasteiger partial charge < -0.3 is 0 Å². The molecule has 7 heteroatoms. The Labute approximate surface area is 139 Å². The van der Waals surface area contributed by atoms with Crippen molar-refractivity contribution in [3.8, 4) is 5.40 Å². The second-order valence-electron chi connectivity index (χ2n) is 4.43. The summed E-state index contributed by atoms with van der Waals surface area (Å²) in [6.07, 6.45) is 0.646. The number of thioether (sulfide) groups is 1. The molecular formula is C15H13ClN2O2S2. The van der Waals surface area contributed by atoms with E-state index in [1.54, 1.807) is 24.3 Å². The molecule has 0 atom stereocenters. The van der Waals surface area contributed by atoms with Crippen molar-refractivity contribution < 1.29 is 8.42 Å². The summed E-state index contributed by atoms with van der Waals surface area (Å²) >= 11 is 6.88. The third kappa shape index (κ3) is 3.95. The normalized spacial score (nSPS) is 11.0. The largest absolute Gasteiger partial charge is 0.279 e. The fourth-order valence-electron chi connectivity index (χ4n) is 1.92. The van der Waals surface area contributed by atoms with Gasteiger partial charge in [-0.1, -0.05) is 24.6 Å². The van der Waals surface area contributed by atoms with E-state index in [-0.39, 0.29) is 4.90 Å². The van der Waals surface area contributed by atoms with Crippen molar-refractivity contribution in [3.05, 3.63) is 53.1 Å². The molecule has 0 amide bonds. The highest BCUT2D eigenvalue weighted by Gasteiger charge is 2.16. The van der Waals surface area contributed by atoms with Crippen LogP contribution >= 0.6 is 23.4 Å². The number of aryl methyl sites for hydroxylation is 1. The lowest BCUT2D eigenvalue weighted by Gasteiger charge is -2.12. The van der Waals surface area contributed by atoms with Crippen molar-refractivity contribution in [2.45, 2.75) is 23.1 Å². The van der Waals surface area contributed by atoms with E-state index in [0.717, 1.165) is 22.2 Å². The second kappa shape index (κ2) is 7.05. The van der Waals surface area contributed by atoms with Crippen LogP contribution in [0, 0.1) is 10.7 Å². The van der Waals surface area contributed by atoms with Gasteiger partial charge in [-0.2, -0.15) is 5.26 Å². The monoisotopic (exact) mass is 352 g/mol. The summed E-state index contributed by atoms with van der Waals surface area (Å²) in [6, 6.07) is 11.3. The summed E-state index contributed by atoms with van der Waals surface area (Å²) in [5.74, 6) is 0. The number of sulfonamides is 1. The molecule has 0 aromatic heterocycles. The molecule has 0 spiro atoms. The number of nitrogens with zero attached hydrogens (tertiary/aromatic N) is 1. The van der Waals surface area contributed by atoms with Crippen LogP contribution in [0.25, 0.3) is 0 Å². The average molecular weight is 353 g/mol. The van der Waals surface area contributed by atoms with Crippen molar-refractivity contribution in [1.29, 1.82) is 5.26 Å². The van der Waals surface area contributed by atoms with Gasteiger partial charge in [0.05, 0.1) is 10.6 Å². The summed E-state index contributed by atoms with van der Waals surface area (Å²) < 4.78 is 27.4. The zero-order valence-corrected chi connectivity index (χ0v) is 14.1. The lowest BCUT2D eigenvalue weighted by Crippen LogP contribution is -2.14. The van der Waals surface area contributed by atoms with Crippen LogP contribution in [0.15, 0.2) is 52.3 Å². The zero-order valence-electron chi connectivity index (χ0n) is 11.7. The van der Waals surface area contributed by atoms with Crippen molar-refractivity contribution in [1.82, 2.24) is 0 Å². The summed E-state index contributed by atoms with van der Waals surface area (Å²) in [6.45, 7) is 1.92. The van der Waals surface area contributed by atoms with E-state index in [1.165, 1.54) is 12.1 Å². The number of rotatable bonds is 5. The van der Waals surface area contributed by atoms with Crippen LogP contribution in [0.5, 0.6) is 0 Å². The Kier molecular flexibility index (Phi) is 5.35. The second-order valence-corrected chi connectivity index (χ2v) is 7.41. The van der Waals surface area contributed by atoms with E-state index in [9.17, 15) is 8.42 Å². The lowest BCUT2D eigenvalue weighted by atomic mass is 10.1. The van der Waals surface area contributed by atoms with E-state index >= 15 is 0 Å². The van der Waals surface area contributed by atoms with Gasteiger partial charge in [0.2, 0.25) is 0 Å². The van der Waals surface area contributed by atoms with E-state index < -0.39 is 10.0 Å². The maximum absolute atomic E-state index is 12.4. The van der Waals surface area contributed by atoms with Crippen molar-refractivity contribution >= 4 is 39.1 Å². The molecule has 0 aliphatic rings. The highest BCUT2D eigenvalue weighted by Crippen LogP contribution is 2.27. The van der Waals surface area contributed by atoms with E-state index in [1.807, 2.05) is 18.4 Å². The number of nitrogens with one attached hydrogen (secondary N) is 1. The van der Waals surface area contributed by atoms with Gasteiger partial charge in [0.1, 0.15) is 5.40 Å². The van der Waals surface area contributed by atoms with Crippen LogP contribution in [0.2, 0.25) is 5.02 Å². The molecule has 22 heavy (non-hydrogen) atoms. The number of halogens is 1. The van der Waals surface area contributed by atoms with Gasteiger partial charge in [0.25, 0.3) is 10.0 Å². The Morgan fingerprint density at radius 3 is 2.68 bits per heavy atom. The first-order valence-electron chi connectivity index (χ1n) is 6.43. The maximum atomic E-state index is 12.4. The quantitative estimate of drug-likeness (QED) is 0.644. The van der Waals surface area contributed by atoms with E-state index in [4.69, 9.17) is 16.9 Å². The standard InChI is InChI=1S/C15H13ClN2O2S2/c1-2-11-8-13(21-10-17)6-7-15(11)18-22(19,20)14-5-3-4-12(16)9-14/h3-9,18H,2H2,1H3. The van der Waals surface area contributed by atoms with Crippen LogP contribution in [-0.2, 0) is 16.4 Å². The van der Waals surface area contributed by atoms with Gasteiger partial charge in [-0.05, 0) is 60.1 Å². The molecule has 114 valence electrons. The predicted molar refractivity (Wildman–Crippen MR) is 89.6 cm³/mol. The van der Waals surface area contributed by atoms with Crippen molar-refractivity contribution in [3.63, 3.8) is 0 Å². The molecule has 0 saturated carbocycles. The number of thiocyanates is 1. The average Bonchev–Trinajstić information content (AvgIpc) is 2.49. The molecule has 0 heterocycles. The number of anilines is 1. The molecule has 4 nitrogen and oxygen atoms in total. The molecule has 0 unspecified atom stereocenters. The Morgan fingerprint density at radius 2 is 2.05 bits per heavy atom. The van der Waals surface area contributed by atoms with Crippen molar-refractivity contribution in [2.24, 2.45) is 0 Å². The van der Waals surface area contributed by atoms with Crippen LogP contribution in [-0.4, -0.2) is 8.42 Å². The molecule has 0 radical (unpaired) electrons. The molecule has 2 aromatic rings. The van der Waals surface area contributed by atoms with Gasteiger partial charge in [0.15, 0.2) is 0 Å². The third-order valence-corrected chi connectivity index (χ3v) is 5.15. The third-order valence-electron chi connectivity index (χ3n) is 2.97. The first-order valence-corrected chi connectivity index (χ1v) is 9.11. The van der Waals surface area contributed by atoms with Crippen LogP contribution in [0.4, 0.5) is 5.69 Å². The molecule has 0 saturated heterocycles. The molecule has 0 fully saturated rings. The van der Waals surface area contributed by atoms with Gasteiger partial charge in [-0.25, -0.2) is 8.42 Å². The van der Waals surface area contributed by atoms with Gasteiger partial charge in [-0.3, -0.25) is 4.72 Å². The highest BCUT2D eigenvalue weighted by atomic mass is 35.5. The molecule has 2 rings (SSSR count). The van der Waals surface area contributed by atoms with E-state index in [0.29, 0.717) is 17.1 Å². The Balaban J connectivity index is 2.35. The van der Waals surface area contributed by atoms with Crippen LogP contribution < -0.4 is 4.72 Å². The summed E-state index contributed by atoms with van der Waals surface area (Å²) in [4.78, 5) is 0.891. The molecular weight excluding hydrogens is 340 g/mol. The van der Waals surface area contributed by atoms with Crippen LogP contribution in [0.3, 0.4) is 0 Å². The zero-order chi connectivity index (χ0) is 16.2. The molecule has 2 aromatic carbocycles. The van der Waals surface area contributed by atoms with Crippen LogP contribution in [0.1, 0.15) is 12.5 Å². The Morgan fingerprint density at radius 1 is 1.27 bits per heavy atom. The number of hydrogen-bond donors (Lipinski definition) is 1. The Bertz CT molecular complexity index is 830. The first-order chi connectivity index (χ1) is 10.5. The molecule has 0 bridgehead atoms. The fourth-order valence-corrected chi connectivity index (χ4v) is 3.76. The topological polar surface area (TPSA) is 70.0 Å². The maximum Gasteiger partial charge on any atom is 0.261 e.